The zero-order valence-corrected chi connectivity index (χ0v) is 17.6. The third kappa shape index (κ3) is 4.36. The number of carbonyl (C=O) groups is 2. The SMILES string of the molecule is CCNC(=O)c1ncc([C@@H](C)N(C)C(=O)Nc2ccc(F)c(Cl)c2)c2ccccc12. The number of carbonyl (C=O) groups excluding carboxylic acids is 2. The molecule has 6 nitrogen and oxygen atoms in total. The average molecular weight is 429 g/mol. The van der Waals surface area contributed by atoms with Crippen LogP contribution in [0.2, 0.25) is 5.02 Å². The van der Waals surface area contributed by atoms with Crippen LogP contribution in [0.25, 0.3) is 10.8 Å². The van der Waals surface area contributed by atoms with Crippen molar-refractivity contribution in [2.75, 3.05) is 18.9 Å². The topological polar surface area (TPSA) is 74.3 Å². The second-order valence-corrected chi connectivity index (χ2v) is 7.22. The lowest BCUT2D eigenvalue weighted by Crippen LogP contribution is -2.34. The van der Waals surface area contributed by atoms with Gasteiger partial charge in [0, 0.05) is 36.4 Å². The fourth-order valence-corrected chi connectivity index (χ4v) is 3.32. The average Bonchev–Trinajstić information content (AvgIpc) is 2.74. The zero-order valence-electron chi connectivity index (χ0n) is 16.9. The second kappa shape index (κ2) is 9.09. The van der Waals surface area contributed by atoms with E-state index in [1.807, 2.05) is 38.1 Å². The van der Waals surface area contributed by atoms with E-state index in [2.05, 4.69) is 15.6 Å². The lowest BCUT2D eigenvalue weighted by molar-refractivity contribution is 0.0952. The number of hydrogen-bond donors (Lipinski definition) is 2. The highest BCUT2D eigenvalue weighted by atomic mass is 35.5. The van der Waals surface area contributed by atoms with Crippen LogP contribution in [0.3, 0.4) is 0 Å². The van der Waals surface area contributed by atoms with Gasteiger partial charge in [-0.05, 0) is 37.4 Å². The van der Waals surface area contributed by atoms with Gasteiger partial charge in [0.25, 0.3) is 5.91 Å². The molecule has 0 aliphatic carbocycles. The second-order valence-electron chi connectivity index (χ2n) is 6.81. The molecular formula is C22H22ClFN4O2. The molecule has 0 aliphatic rings. The van der Waals surface area contributed by atoms with Crippen LogP contribution >= 0.6 is 11.6 Å². The first-order chi connectivity index (χ1) is 14.3. The van der Waals surface area contributed by atoms with Crippen LogP contribution in [0.15, 0.2) is 48.7 Å². The molecule has 3 aromatic rings. The Bertz CT molecular complexity index is 1110. The summed E-state index contributed by atoms with van der Waals surface area (Å²) < 4.78 is 13.3. The molecule has 156 valence electrons. The molecule has 0 spiro atoms. The molecule has 30 heavy (non-hydrogen) atoms. The number of pyridine rings is 1. The quantitative estimate of drug-likeness (QED) is 0.600. The summed E-state index contributed by atoms with van der Waals surface area (Å²) in [6.45, 7) is 4.22. The number of urea groups is 1. The molecule has 1 atom stereocenters. The van der Waals surface area contributed by atoms with E-state index in [-0.39, 0.29) is 23.0 Å². The van der Waals surface area contributed by atoms with E-state index in [0.29, 0.717) is 23.3 Å². The summed E-state index contributed by atoms with van der Waals surface area (Å²) in [4.78, 5) is 30.9. The molecule has 0 bridgehead atoms. The van der Waals surface area contributed by atoms with Gasteiger partial charge in [-0.1, -0.05) is 35.9 Å². The summed E-state index contributed by atoms with van der Waals surface area (Å²) in [6.07, 6.45) is 1.62. The van der Waals surface area contributed by atoms with Crippen molar-refractivity contribution in [2.24, 2.45) is 0 Å². The number of rotatable bonds is 5. The first-order valence-corrected chi connectivity index (χ1v) is 9.86. The Morgan fingerprint density at radius 2 is 1.90 bits per heavy atom. The van der Waals surface area contributed by atoms with E-state index in [9.17, 15) is 14.0 Å². The minimum absolute atomic E-state index is 0.0698. The van der Waals surface area contributed by atoms with E-state index < -0.39 is 5.82 Å². The third-order valence-corrected chi connectivity index (χ3v) is 5.19. The van der Waals surface area contributed by atoms with Gasteiger partial charge in [0.15, 0.2) is 0 Å². The minimum Gasteiger partial charge on any atom is -0.351 e. The van der Waals surface area contributed by atoms with Gasteiger partial charge in [0.05, 0.1) is 11.1 Å². The van der Waals surface area contributed by atoms with Crippen molar-refractivity contribution < 1.29 is 14.0 Å². The molecule has 0 aliphatic heterocycles. The standard InChI is InChI=1S/C22H22ClFN4O2/c1-4-25-21(29)20-16-8-6-5-7-15(16)17(12-26-20)13(2)28(3)22(30)27-14-9-10-19(24)18(23)11-14/h5-13H,4H2,1-3H3,(H,25,29)(H,27,30)/t13-/m1/s1. The van der Waals surface area contributed by atoms with Gasteiger partial charge >= 0.3 is 6.03 Å². The summed E-state index contributed by atoms with van der Waals surface area (Å²) in [5.41, 5.74) is 1.53. The number of nitrogens with zero attached hydrogens (tertiary/aromatic N) is 2. The van der Waals surface area contributed by atoms with Crippen molar-refractivity contribution in [3.8, 4) is 0 Å². The smallest absolute Gasteiger partial charge is 0.322 e. The van der Waals surface area contributed by atoms with E-state index >= 15 is 0 Å². The number of aromatic nitrogens is 1. The molecule has 1 aromatic heterocycles. The Morgan fingerprint density at radius 3 is 2.57 bits per heavy atom. The molecule has 8 heteroatoms. The van der Waals surface area contributed by atoms with E-state index in [0.717, 1.165) is 10.9 Å². The zero-order chi connectivity index (χ0) is 21.8. The minimum atomic E-state index is -0.555. The summed E-state index contributed by atoms with van der Waals surface area (Å²) in [6, 6.07) is 10.7. The molecule has 0 radical (unpaired) electrons. The van der Waals surface area contributed by atoms with Crippen molar-refractivity contribution in [1.82, 2.24) is 15.2 Å². The van der Waals surface area contributed by atoms with Crippen LogP contribution in [-0.4, -0.2) is 35.4 Å². The first kappa shape index (κ1) is 21.5. The van der Waals surface area contributed by atoms with Crippen molar-refractivity contribution in [1.29, 1.82) is 0 Å². The predicted molar refractivity (Wildman–Crippen MR) is 116 cm³/mol. The first-order valence-electron chi connectivity index (χ1n) is 9.48. The molecule has 2 N–H and O–H groups in total. The molecule has 0 saturated heterocycles. The van der Waals surface area contributed by atoms with Crippen molar-refractivity contribution in [3.63, 3.8) is 0 Å². The highest BCUT2D eigenvalue weighted by Gasteiger charge is 2.22. The highest BCUT2D eigenvalue weighted by Crippen LogP contribution is 2.29. The highest BCUT2D eigenvalue weighted by molar-refractivity contribution is 6.31. The number of anilines is 1. The predicted octanol–water partition coefficient (Wildman–Crippen LogP) is 5.00. The Labute approximate surface area is 179 Å². The fraction of sp³-hybridized carbons (Fsp3) is 0.227. The summed E-state index contributed by atoms with van der Waals surface area (Å²) in [7, 11) is 1.65. The maximum absolute atomic E-state index is 13.3. The van der Waals surface area contributed by atoms with Crippen LogP contribution in [0.1, 0.15) is 35.9 Å². The van der Waals surface area contributed by atoms with E-state index in [4.69, 9.17) is 11.6 Å². The Kier molecular flexibility index (Phi) is 6.52. The van der Waals surface area contributed by atoms with Gasteiger partial charge < -0.3 is 15.5 Å². The van der Waals surface area contributed by atoms with Crippen molar-refractivity contribution in [3.05, 3.63) is 70.8 Å². The molecule has 0 saturated carbocycles. The molecule has 2 aromatic carbocycles. The molecule has 1 heterocycles. The van der Waals surface area contributed by atoms with Gasteiger partial charge in [0.2, 0.25) is 0 Å². The van der Waals surface area contributed by atoms with Crippen LogP contribution < -0.4 is 10.6 Å². The third-order valence-electron chi connectivity index (χ3n) is 4.90. The van der Waals surface area contributed by atoms with Gasteiger partial charge in [-0.3, -0.25) is 9.78 Å². The van der Waals surface area contributed by atoms with Crippen LogP contribution in [0, 0.1) is 5.82 Å². The fourth-order valence-electron chi connectivity index (χ4n) is 3.14. The number of halogens is 2. The monoisotopic (exact) mass is 428 g/mol. The largest absolute Gasteiger partial charge is 0.351 e. The number of hydrogen-bond acceptors (Lipinski definition) is 3. The van der Waals surface area contributed by atoms with Gasteiger partial charge in [-0.15, -0.1) is 0 Å². The van der Waals surface area contributed by atoms with Gasteiger partial charge in [-0.2, -0.15) is 0 Å². The Balaban J connectivity index is 1.89. The normalized spacial score (nSPS) is 11.8. The molecule has 3 rings (SSSR count). The van der Waals surface area contributed by atoms with Crippen LogP contribution in [-0.2, 0) is 0 Å². The van der Waals surface area contributed by atoms with E-state index in [1.165, 1.54) is 23.1 Å². The summed E-state index contributed by atoms with van der Waals surface area (Å²) >= 11 is 5.78. The number of fused-ring (bicyclic) bond motifs is 1. The molecular weight excluding hydrogens is 407 g/mol. The Hall–Kier alpha value is -3.19. The lowest BCUT2D eigenvalue weighted by Gasteiger charge is -2.26. The summed E-state index contributed by atoms with van der Waals surface area (Å²) in [5, 5.41) is 6.96. The molecule has 0 unspecified atom stereocenters. The lowest BCUT2D eigenvalue weighted by atomic mass is 9.99. The summed E-state index contributed by atoms with van der Waals surface area (Å²) in [5.74, 6) is -0.798. The van der Waals surface area contributed by atoms with Gasteiger partial charge in [0.1, 0.15) is 11.5 Å². The number of benzene rings is 2. The van der Waals surface area contributed by atoms with E-state index in [1.54, 1.807) is 13.2 Å². The van der Waals surface area contributed by atoms with Crippen molar-refractivity contribution in [2.45, 2.75) is 19.9 Å². The van der Waals surface area contributed by atoms with Crippen LogP contribution in [0.5, 0.6) is 0 Å². The number of nitrogens with one attached hydrogen (secondary N) is 2. The maximum Gasteiger partial charge on any atom is 0.322 e. The van der Waals surface area contributed by atoms with Gasteiger partial charge in [-0.25, -0.2) is 9.18 Å². The van der Waals surface area contributed by atoms with Crippen molar-refractivity contribution >= 4 is 40.0 Å². The molecule has 3 amide bonds. The van der Waals surface area contributed by atoms with Crippen LogP contribution in [0.4, 0.5) is 14.9 Å². The Morgan fingerprint density at radius 1 is 1.20 bits per heavy atom. The maximum atomic E-state index is 13.3. The molecule has 0 fully saturated rings. The number of amides is 3.